The van der Waals surface area contributed by atoms with Crippen molar-refractivity contribution in [3.8, 4) is 11.5 Å². The average Bonchev–Trinajstić information content (AvgIpc) is 3.03. The van der Waals surface area contributed by atoms with E-state index in [4.69, 9.17) is 9.52 Å². The first-order valence-electron chi connectivity index (χ1n) is 8.54. The first-order chi connectivity index (χ1) is 11.9. The van der Waals surface area contributed by atoms with Crippen molar-refractivity contribution in [2.45, 2.75) is 33.6 Å². The summed E-state index contributed by atoms with van der Waals surface area (Å²) in [5, 5.41) is 14.6. The van der Waals surface area contributed by atoms with E-state index in [0.29, 0.717) is 31.8 Å². The fourth-order valence-electron chi connectivity index (χ4n) is 2.33. The lowest BCUT2D eigenvalue weighted by molar-refractivity contribution is 0.201. The van der Waals surface area contributed by atoms with Crippen molar-refractivity contribution < 1.29 is 14.3 Å². The van der Waals surface area contributed by atoms with Gasteiger partial charge >= 0.3 is 6.03 Å². The van der Waals surface area contributed by atoms with Gasteiger partial charge in [0.15, 0.2) is 0 Å². The van der Waals surface area contributed by atoms with Gasteiger partial charge in [-0.05, 0) is 30.9 Å². The molecule has 0 spiro atoms. The monoisotopic (exact) mass is 345 g/mol. The molecular formula is C19H27N3O3. The van der Waals surface area contributed by atoms with Crippen molar-refractivity contribution in [1.82, 2.24) is 15.6 Å². The van der Waals surface area contributed by atoms with Crippen molar-refractivity contribution >= 4 is 6.03 Å². The van der Waals surface area contributed by atoms with Gasteiger partial charge in [-0.1, -0.05) is 31.5 Å². The van der Waals surface area contributed by atoms with Crippen molar-refractivity contribution in [3.63, 3.8) is 0 Å². The molecule has 0 aliphatic rings. The highest BCUT2D eigenvalue weighted by molar-refractivity contribution is 5.73. The van der Waals surface area contributed by atoms with Gasteiger partial charge < -0.3 is 20.2 Å². The molecule has 0 atom stereocenters. The Labute approximate surface area is 148 Å². The van der Waals surface area contributed by atoms with Gasteiger partial charge in [0.25, 0.3) is 0 Å². The summed E-state index contributed by atoms with van der Waals surface area (Å²) in [6, 6.07) is 7.77. The van der Waals surface area contributed by atoms with Crippen LogP contribution in [0.1, 0.15) is 31.5 Å². The molecule has 2 aromatic rings. The molecule has 1 heterocycles. The Bertz CT molecular complexity index is 677. The number of aliphatic hydroxyl groups is 1. The highest BCUT2D eigenvalue weighted by Crippen LogP contribution is 2.19. The molecule has 0 aliphatic carbocycles. The minimum Gasteiger partial charge on any atom is -0.444 e. The summed E-state index contributed by atoms with van der Waals surface area (Å²) in [5.74, 6) is 0.588. The van der Waals surface area contributed by atoms with Gasteiger partial charge in [-0.2, -0.15) is 0 Å². The van der Waals surface area contributed by atoms with Gasteiger partial charge in [0, 0.05) is 31.7 Å². The molecule has 0 radical (unpaired) electrons. The molecular weight excluding hydrogens is 318 g/mol. The largest absolute Gasteiger partial charge is 0.444 e. The zero-order chi connectivity index (χ0) is 18.3. The van der Waals surface area contributed by atoms with Crippen molar-refractivity contribution in [2.75, 3.05) is 19.7 Å². The van der Waals surface area contributed by atoms with Crippen molar-refractivity contribution in [1.29, 1.82) is 0 Å². The van der Waals surface area contributed by atoms with E-state index in [1.807, 2.05) is 45.0 Å². The summed E-state index contributed by atoms with van der Waals surface area (Å²) >= 11 is 0. The van der Waals surface area contributed by atoms with Crippen LogP contribution in [0.3, 0.4) is 0 Å². The first-order valence-corrected chi connectivity index (χ1v) is 8.54. The summed E-state index contributed by atoms with van der Waals surface area (Å²) in [7, 11) is 0. The van der Waals surface area contributed by atoms with Gasteiger partial charge in [-0.15, -0.1) is 0 Å². The van der Waals surface area contributed by atoms with E-state index in [1.54, 1.807) is 6.26 Å². The maximum absolute atomic E-state index is 11.8. The number of oxazole rings is 1. The predicted octanol–water partition coefficient (Wildman–Crippen LogP) is 2.90. The molecule has 6 nitrogen and oxygen atoms in total. The molecule has 0 saturated carbocycles. The van der Waals surface area contributed by atoms with E-state index in [9.17, 15) is 4.79 Å². The molecule has 1 aromatic heterocycles. The van der Waals surface area contributed by atoms with Crippen LogP contribution in [0.4, 0.5) is 4.79 Å². The maximum atomic E-state index is 11.8. The average molecular weight is 345 g/mol. The molecule has 0 bridgehead atoms. The third-order valence-electron chi connectivity index (χ3n) is 4.03. The molecule has 0 aliphatic heterocycles. The van der Waals surface area contributed by atoms with E-state index in [-0.39, 0.29) is 18.1 Å². The number of urea groups is 1. The Hall–Kier alpha value is -2.34. The second kappa shape index (κ2) is 8.67. The van der Waals surface area contributed by atoms with Crippen LogP contribution in [0.2, 0.25) is 0 Å². The number of aromatic nitrogens is 1. The SMILES string of the molecule is Cc1ccc(-c2nc(CCNC(=O)NCC(C)(C)CCO)co2)cc1. The highest BCUT2D eigenvalue weighted by atomic mass is 16.3. The molecule has 3 N–H and O–H groups in total. The number of carbonyl (C=O) groups is 1. The van der Waals surface area contributed by atoms with Crippen molar-refractivity contribution in [2.24, 2.45) is 5.41 Å². The van der Waals surface area contributed by atoms with Crippen LogP contribution in [0.15, 0.2) is 34.9 Å². The molecule has 136 valence electrons. The molecule has 0 unspecified atom stereocenters. The minimum absolute atomic E-state index is 0.117. The van der Waals surface area contributed by atoms with Crippen LogP contribution in [0.5, 0.6) is 0 Å². The summed E-state index contributed by atoms with van der Waals surface area (Å²) < 4.78 is 5.50. The quantitative estimate of drug-likeness (QED) is 0.686. The van der Waals surface area contributed by atoms with Crippen LogP contribution >= 0.6 is 0 Å². The van der Waals surface area contributed by atoms with Crippen LogP contribution < -0.4 is 10.6 Å². The van der Waals surface area contributed by atoms with Gasteiger partial charge in [0.05, 0.1) is 5.69 Å². The van der Waals surface area contributed by atoms with E-state index in [0.717, 1.165) is 11.3 Å². The number of rotatable bonds is 8. The molecule has 1 aromatic carbocycles. The normalized spacial score (nSPS) is 11.4. The number of hydrogen-bond donors (Lipinski definition) is 3. The Morgan fingerprint density at radius 2 is 1.96 bits per heavy atom. The first kappa shape index (κ1) is 19.0. The second-order valence-corrected chi connectivity index (χ2v) is 7.01. The van der Waals surface area contributed by atoms with Crippen LogP contribution in [-0.2, 0) is 6.42 Å². The number of nitrogens with one attached hydrogen (secondary N) is 2. The zero-order valence-electron chi connectivity index (χ0n) is 15.1. The molecule has 25 heavy (non-hydrogen) atoms. The van der Waals surface area contributed by atoms with Gasteiger partial charge in [0.2, 0.25) is 5.89 Å². The number of benzene rings is 1. The number of carbonyl (C=O) groups excluding carboxylic acids is 1. The minimum atomic E-state index is -0.215. The van der Waals surface area contributed by atoms with Gasteiger partial charge in [-0.3, -0.25) is 0 Å². The molecule has 2 rings (SSSR count). The third-order valence-corrected chi connectivity index (χ3v) is 4.03. The summed E-state index contributed by atoms with van der Waals surface area (Å²) in [4.78, 5) is 16.3. The molecule has 0 fully saturated rings. The van der Waals surface area contributed by atoms with Gasteiger partial charge in [-0.25, -0.2) is 9.78 Å². The van der Waals surface area contributed by atoms with Crippen LogP contribution in [0.25, 0.3) is 11.5 Å². The number of aryl methyl sites for hydroxylation is 1. The van der Waals surface area contributed by atoms with Crippen LogP contribution in [0, 0.1) is 12.3 Å². The highest BCUT2D eigenvalue weighted by Gasteiger charge is 2.17. The summed E-state index contributed by atoms with van der Waals surface area (Å²) in [5.41, 5.74) is 2.80. The molecule has 0 saturated heterocycles. The van der Waals surface area contributed by atoms with Crippen molar-refractivity contribution in [3.05, 3.63) is 41.8 Å². The van der Waals surface area contributed by atoms with E-state index in [1.165, 1.54) is 5.56 Å². The second-order valence-electron chi connectivity index (χ2n) is 7.01. The Balaban J connectivity index is 1.75. The standard InChI is InChI=1S/C19H27N3O3/c1-14-4-6-15(7-5-14)17-22-16(12-25-17)8-10-20-18(24)21-13-19(2,3)9-11-23/h4-7,12,23H,8-11,13H2,1-3H3,(H2,20,21,24). The molecule has 2 amide bonds. The number of aliphatic hydroxyl groups excluding tert-OH is 1. The lowest BCUT2D eigenvalue weighted by Crippen LogP contribution is -2.41. The Morgan fingerprint density at radius 3 is 2.64 bits per heavy atom. The molecule has 6 heteroatoms. The summed E-state index contributed by atoms with van der Waals surface area (Å²) in [6.07, 6.45) is 2.87. The predicted molar refractivity (Wildman–Crippen MR) is 97.3 cm³/mol. The summed E-state index contributed by atoms with van der Waals surface area (Å²) in [6.45, 7) is 7.16. The topological polar surface area (TPSA) is 87.4 Å². The smallest absolute Gasteiger partial charge is 0.314 e. The maximum Gasteiger partial charge on any atom is 0.314 e. The van der Waals surface area contributed by atoms with E-state index >= 15 is 0 Å². The lowest BCUT2D eigenvalue weighted by atomic mass is 9.90. The fraction of sp³-hybridized carbons (Fsp3) is 0.474. The van der Waals surface area contributed by atoms with Crippen LogP contribution in [-0.4, -0.2) is 35.8 Å². The lowest BCUT2D eigenvalue weighted by Gasteiger charge is -2.23. The number of amides is 2. The van der Waals surface area contributed by atoms with E-state index in [2.05, 4.69) is 15.6 Å². The Kier molecular flexibility index (Phi) is 6.58. The Morgan fingerprint density at radius 1 is 1.24 bits per heavy atom. The van der Waals surface area contributed by atoms with Gasteiger partial charge in [0.1, 0.15) is 6.26 Å². The number of hydrogen-bond acceptors (Lipinski definition) is 4. The zero-order valence-corrected chi connectivity index (χ0v) is 15.1. The number of nitrogens with zero attached hydrogens (tertiary/aromatic N) is 1. The van der Waals surface area contributed by atoms with E-state index < -0.39 is 0 Å². The fourth-order valence-corrected chi connectivity index (χ4v) is 2.33. The third kappa shape index (κ3) is 6.23.